The maximum Gasteiger partial charge on any atom is 0.195 e. The number of rotatable bonds is 10. The van der Waals surface area contributed by atoms with Crippen LogP contribution < -0.4 is 15.4 Å². The zero-order chi connectivity index (χ0) is 20.3. The molecule has 0 bridgehead atoms. The molecule has 1 aromatic carbocycles. The number of ether oxygens (including phenoxy) is 1. The van der Waals surface area contributed by atoms with Gasteiger partial charge in [-0.05, 0) is 62.7 Å². The molecule has 7 nitrogen and oxygen atoms in total. The number of anilines is 1. The summed E-state index contributed by atoms with van der Waals surface area (Å²) >= 11 is 0. The second-order valence-corrected chi connectivity index (χ2v) is 6.93. The van der Waals surface area contributed by atoms with Gasteiger partial charge in [-0.2, -0.15) is 5.10 Å². The molecule has 0 saturated heterocycles. The van der Waals surface area contributed by atoms with Gasteiger partial charge >= 0.3 is 0 Å². The third-order valence-corrected chi connectivity index (χ3v) is 4.11. The lowest BCUT2D eigenvalue weighted by atomic mass is 10.3. The first-order valence-electron chi connectivity index (χ1n) is 10.0. The number of guanidine groups is 1. The third kappa shape index (κ3) is 8.48. The van der Waals surface area contributed by atoms with Crippen LogP contribution in [0.25, 0.3) is 0 Å². The number of nitrogens with one attached hydrogen (secondary N) is 2. The van der Waals surface area contributed by atoms with Crippen LogP contribution in [0.1, 0.15) is 26.0 Å². The highest BCUT2D eigenvalue weighted by Crippen LogP contribution is 2.16. The number of furan rings is 1. The Bertz CT molecular complexity index is 846. The Morgan fingerprint density at radius 2 is 2.03 bits per heavy atom. The molecule has 30 heavy (non-hydrogen) atoms. The molecule has 0 aliphatic carbocycles. The minimum atomic E-state index is 0. The summed E-state index contributed by atoms with van der Waals surface area (Å²) in [6.07, 6.45) is 7.31. The van der Waals surface area contributed by atoms with E-state index in [4.69, 9.17) is 14.1 Å². The van der Waals surface area contributed by atoms with E-state index in [1.54, 1.807) is 12.5 Å². The Balaban J connectivity index is 0.00000320. The SMILES string of the molecule is CC(C)Oc1ccc(NC(=NCCCn2cccn2)NCCc2ccco2)cc1.I. The molecule has 0 aliphatic heterocycles. The number of aryl methyl sites for hydroxylation is 1. The fourth-order valence-corrected chi connectivity index (χ4v) is 2.78. The summed E-state index contributed by atoms with van der Waals surface area (Å²) in [7, 11) is 0. The van der Waals surface area contributed by atoms with E-state index in [1.807, 2.05) is 67.2 Å². The first-order chi connectivity index (χ1) is 14.2. The summed E-state index contributed by atoms with van der Waals surface area (Å²) in [5.74, 6) is 2.55. The maximum atomic E-state index is 5.70. The highest BCUT2D eigenvalue weighted by atomic mass is 127. The molecule has 0 atom stereocenters. The van der Waals surface area contributed by atoms with Crippen molar-refractivity contribution in [1.82, 2.24) is 15.1 Å². The summed E-state index contributed by atoms with van der Waals surface area (Å²) in [5, 5.41) is 11.0. The van der Waals surface area contributed by atoms with E-state index in [9.17, 15) is 0 Å². The normalized spacial score (nSPS) is 11.2. The number of aromatic nitrogens is 2. The number of benzene rings is 1. The van der Waals surface area contributed by atoms with E-state index >= 15 is 0 Å². The van der Waals surface area contributed by atoms with Crippen molar-refractivity contribution < 1.29 is 9.15 Å². The quantitative estimate of drug-likeness (QED) is 0.176. The van der Waals surface area contributed by atoms with Crippen molar-refractivity contribution >= 4 is 35.6 Å². The van der Waals surface area contributed by atoms with Gasteiger partial charge in [0.25, 0.3) is 0 Å². The highest BCUT2D eigenvalue weighted by Gasteiger charge is 2.03. The van der Waals surface area contributed by atoms with Gasteiger partial charge in [0.05, 0.1) is 12.4 Å². The van der Waals surface area contributed by atoms with Crippen molar-refractivity contribution in [2.24, 2.45) is 4.99 Å². The molecule has 2 aromatic heterocycles. The van der Waals surface area contributed by atoms with Gasteiger partial charge in [0, 0.05) is 44.1 Å². The Labute approximate surface area is 194 Å². The monoisotopic (exact) mass is 523 g/mol. The molecule has 3 rings (SSSR count). The summed E-state index contributed by atoms with van der Waals surface area (Å²) in [5.41, 5.74) is 0.956. The standard InChI is InChI=1S/C22H29N5O2.HI/c1-18(2)29-21-9-7-19(8-10-21)26-22(24-14-11-20-6-3-17-28-20)23-12-4-15-27-16-5-13-25-27;/h3,5-10,13,16-18H,4,11-12,14-15H2,1-2H3,(H2,23,24,26);1H. The summed E-state index contributed by atoms with van der Waals surface area (Å²) in [6.45, 7) is 6.31. The summed E-state index contributed by atoms with van der Waals surface area (Å²) in [4.78, 5) is 4.70. The zero-order valence-electron chi connectivity index (χ0n) is 17.5. The first kappa shape index (κ1) is 23.8. The highest BCUT2D eigenvalue weighted by molar-refractivity contribution is 14.0. The van der Waals surface area contributed by atoms with Gasteiger partial charge < -0.3 is 19.8 Å². The molecule has 2 N–H and O–H groups in total. The fraction of sp³-hybridized carbons (Fsp3) is 0.364. The largest absolute Gasteiger partial charge is 0.491 e. The lowest BCUT2D eigenvalue weighted by molar-refractivity contribution is 0.242. The molecule has 0 fully saturated rings. The maximum absolute atomic E-state index is 5.70. The molecule has 0 saturated carbocycles. The van der Waals surface area contributed by atoms with Gasteiger partial charge in [-0.3, -0.25) is 9.67 Å². The van der Waals surface area contributed by atoms with Crippen LogP contribution in [0.5, 0.6) is 5.75 Å². The molecule has 0 aliphatic rings. The van der Waals surface area contributed by atoms with E-state index in [-0.39, 0.29) is 30.1 Å². The lowest BCUT2D eigenvalue weighted by Gasteiger charge is -2.14. The van der Waals surface area contributed by atoms with Crippen molar-refractivity contribution in [3.05, 3.63) is 66.9 Å². The van der Waals surface area contributed by atoms with Crippen LogP contribution in [-0.2, 0) is 13.0 Å². The van der Waals surface area contributed by atoms with Crippen molar-refractivity contribution in [2.45, 2.75) is 39.3 Å². The predicted octanol–water partition coefficient (Wildman–Crippen LogP) is 4.57. The minimum absolute atomic E-state index is 0. The van der Waals surface area contributed by atoms with Crippen molar-refractivity contribution in [3.8, 4) is 5.75 Å². The number of hydrogen-bond donors (Lipinski definition) is 2. The van der Waals surface area contributed by atoms with Crippen molar-refractivity contribution in [1.29, 1.82) is 0 Å². The van der Waals surface area contributed by atoms with E-state index in [0.717, 1.165) is 49.1 Å². The topological polar surface area (TPSA) is 76.6 Å². The van der Waals surface area contributed by atoms with Gasteiger partial charge in [0.2, 0.25) is 0 Å². The second-order valence-electron chi connectivity index (χ2n) is 6.93. The Morgan fingerprint density at radius 3 is 2.70 bits per heavy atom. The van der Waals surface area contributed by atoms with Crippen LogP contribution in [0.15, 0.2) is 70.5 Å². The minimum Gasteiger partial charge on any atom is -0.491 e. The number of hydrogen-bond acceptors (Lipinski definition) is 4. The summed E-state index contributed by atoms with van der Waals surface area (Å²) in [6, 6.07) is 13.7. The van der Waals surface area contributed by atoms with Crippen LogP contribution in [-0.4, -0.2) is 34.9 Å². The van der Waals surface area contributed by atoms with Gasteiger partial charge in [0.15, 0.2) is 5.96 Å². The summed E-state index contributed by atoms with van der Waals surface area (Å²) < 4.78 is 13.0. The van der Waals surface area contributed by atoms with Crippen LogP contribution in [0.2, 0.25) is 0 Å². The second kappa shape index (κ2) is 12.9. The van der Waals surface area contributed by atoms with Crippen LogP contribution in [0.4, 0.5) is 5.69 Å². The molecule has 8 heteroatoms. The number of nitrogens with zero attached hydrogens (tertiary/aromatic N) is 3. The van der Waals surface area contributed by atoms with Gasteiger partial charge in [-0.15, -0.1) is 24.0 Å². The molecule has 0 amide bonds. The van der Waals surface area contributed by atoms with E-state index in [2.05, 4.69) is 15.7 Å². The predicted molar refractivity (Wildman–Crippen MR) is 131 cm³/mol. The van der Waals surface area contributed by atoms with Gasteiger partial charge in [0.1, 0.15) is 11.5 Å². The number of aliphatic imine (C=N–C) groups is 1. The van der Waals surface area contributed by atoms with E-state index < -0.39 is 0 Å². The average molecular weight is 523 g/mol. The third-order valence-electron chi connectivity index (χ3n) is 4.11. The molecule has 3 aromatic rings. The molecule has 0 unspecified atom stereocenters. The van der Waals surface area contributed by atoms with Gasteiger partial charge in [-0.1, -0.05) is 0 Å². The Morgan fingerprint density at radius 1 is 1.20 bits per heavy atom. The van der Waals surface area contributed by atoms with Crippen LogP contribution in [0.3, 0.4) is 0 Å². The van der Waals surface area contributed by atoms with Crippen LogP contribution in [0, 0.1) is 0 Å². The van der Waals surface area contributed by atoms with Crippen molar-refractivity contribution in [2.75, 3.05) is 18.4 Å². The molecular formula is C22H30IN5O2. The van der Waals surface area contributed by atoms with Crippen molar-refractivity contribution in [3.63, 3.8) is 0 Å². The van der Waals surface area contributed by atoms with Crippen LogP contribution >= 0.6 is 24.0 Å². The van der Waals surface area contributed by atoms with E-state index in [0.29, 0.717) is 6.54 Å². The first-order valence-corrected chi connectivity index (χ1v) is 10.0. The molecule has 162 valence electrons. The number of halogens is 1. The lowest BCUT2D eigenvalue weighted by Crippen LogP contribution is -2.32. The van der Waals surface area contributed by atoms with E-state index in [1.165, 1.54) is 0 Å². The molecule has 2 heterocycles. The fourth-order valence-electron chi connectivity index (χ4n) is 2.78. The molecular weight excluding hydrogens is 493 g/mol. The van der Waals surface area contributed by atoms with Gasteiger partial charge in [-0.25, -0.2) is 0 Å². The average Bonchev–Trinajstić information content (AvgIpc) is 3.40. The smallest absolute Gasteiger partial charge is 0.195 e. The zero-order valence-corrected chi connectivity index (χ0v) is 19.8. The Hall–Kier alpha value is -2.49. The molecule has 0 spiro atoms. The Kier molecular flexibility index (Phi) is 10.3. The molecule has 0 radical (unpaired) electrons.